The minimum absolute atomic E-state index is 0.00325. The van der Waals surface area contributed by atoms with Gasteiger partial charge in [0.25, 0.3) is 0 Å². The maximum absolute atomic E-state index is 14.1. The molecule has 294 valence electrons. The summed E-state index contributed by atoms with van der Waals surface area (Å²) in [4.78, 5) is 52.5. The zero-order valence-corrected chi connectivity index (χ0v) is 31.4. The van der Waals surface area contributed by atoms with E-state index >= 15 is 0 Å². The van der Waals surface area contributed by atoms with Crippen LogP contribution in [0.25, 0.3) is 0 Å². The third-order valence-corrected chi connectivity index (χ3v) is 11.8. The van der Waals surface area contributed by atoms with Gasteiger partial charge in [0, 0.05) is 18.8 Å². The van der Waals surface area contributed by atoms with Gasteiger partial charge in [-0.05, 0) is 135 Å². The molecule has 12 nitrogen and oxygen atoms in total. The molecule has 12 heteroatoms. The maximum atomic E-state index is 14.1. The normalized spacial score (nSPS) is 21.1. The number of benzene rings is 3. The molecule has 0 aliphatic carbocycles. The molecule has 0 bridgehead atoms. The largest absolute Gasteiger partial charge is 0.481 e. The number of carboxylic acids is 3. The van der Waals surface area contributed by atoms with Gasteiger partial charge in [0.05, 0.1) is 24.3 Å². The predicted molar refractivity (Wildman–Crippen MR) is 209 cm³/mol. The van der Waals surface area contributed by atoms with Gasteiger partial charge in [-0.1, -0.05) is 60.7 Å². The van der Waals surface area contributed by atoms with E-state index in [1.807, 2.05) is 72.8 Å². The first-order valence-electron chi connectivity index (χ1n) is 19.7. The summed E-state index contributed by atoms with van der Waals surface area (Å²) in [6.07, 6.45) is 3.72. The molecular formula is C43H55N5O7. The highest BCUT2D eigenvalue weighted by Gasteiger charge is 2.33. The monoisotopic (exact) mass is 753 g/mol. The number of carboxylic acid groups (broad SMARTS) is 3. The van der Waals surface area contributed by atoms with Crippen LogP contribution in [0.4, 0.5) is 5.69 Å². The molecule has 3 aromatic rings. The summed E-state index contributed by atoms with van der Waals surface area (Å²) in [5, 5.41) is 43.2. The van der Waals surface area contributed by atoms with Crippen molar-refractivity contribution in [2.24, 2.45) is 35.5 Å². The summed E-state index contributed by atoms with van der Waals surface area (Å²) >= 11 is 0. The van der Waals surface area contributed by atoms with Crippen LogP contribution in [0.2, 0.25) is 0 Å². The molecule has 3 heterocycles. The smallest absolute Gasteiger partial charge is 0.307 e. The quantitative estimate of drug-likeness (QED) is 0.0945. The van der Waals surface area contributed by atoms with Crippen LogP contribution in [0.3, 0.4) is 0 Å². The number of carbonyl (C=O) groups excluding carboxylic acids is 1. The highest BCUT2D eigenvalue weighted by Crippen LogP contribution is 2.27. The Balaban J connectivity index is 1.18. The van der Waals surface area contributed by atoms with Crippen molar-refractivity contribution in [3.8, 4) is 0 Å². The van der Waals surface area contributed by atoms with Crippen molar-refractivity contribution in [2.75, 3.05) is 51.1 Å². The van der Waals surface area contributed by atoms with Gasteiger partial charge in [-0.25, -0.2) is 0 Å². The van der Waals surface area contributed by atoms with E-state index in [1.165, 1.54) is 0 Å². The van der Waals surface area contributed by atoms with Gasteiger partial charge in [-0.3, -0.25) is 19.2 Å². The van der Waals surface area contributed by atoms with E-state index in [0.717, 1.165) is 72.4 Å². The first-order chi connectivity index (χ1) is 26.6. The van der Waals surface area contributed by atoms with Gasteiger partial charge in [0.2, 0.25) is 5.91 Å². The number of amides is 1. The lowest BCUT2D eigenvalue weighted by molar-refractivity contribution is -0.144. The Kier molecular flexibility index (Phi) is 13.9. The number of carbonyl (C=O) groups is 4. The zero-order chi connectivity index (χ0) is 38.7. The van der Waals surface area contributed by atoms with Crippen LogP contribution in [-0.4, -0.2) is 89.8 Å². The third kappa shape index (κ3) is 11.1. The summed E-state index contributed by atoms with van der Waals surface area (Å²) in [6.45, 7) is 5.14. The molecule has 3 aromatic carbocycles. The number of rotatable bonds is 19. The van der Waals surface area contributed by atoms with Crippen LogP contribution in [0.15, 0.2) is 72.8 Å². The molecule has 6 atom stereocenters. The number of nitrogens with one attached hydrogen (secondary N) is 4. The zero-order valence-electron chi connectivity index (χ0n) is 31.4. The van der Waals surface area contributed by atoms with Crippen LogP contribution >= 0.6 is 0 Å². The van der Waals surface area contributed by atoms with Crippen LogP contribution < -0.4 is 21.3 Å². The van der Waals surface area contributed by atoms with Gasteiger partial charge in [0.15, 0.2) is 0 Å². The number of nitrogens with zero attached hydrogens (tertiary/aromatic N) is 1. The van der Waals surface area contributed by atoms with Gasteiger partial charge in [-0.2, -0.15) is 0 Å². The van der Waals surface area contributed by atoms with Gasteiger partial charge in [0.1, 0.15) is 0 Å². The second-order valence-corrected chi connectivity index (χ2v) is 15.6. The number of anilines is 1. The van der Waals surface area contributed by atoms with E-state index in [9.17, 15) is 34.5 Å². The minimum atomic E-state index is -0.797. The maximum Gasteiger partial charge on any atom is 0.307 e. The van der Waals surface area contributed by atoms with E-state index in [0.29, 0.717) is 52.0 Å². The van der Waals surface area contributed by atoms with Gasteiger partial charge >= 0.3 is 17.9 Å². The Morgan fingerprint density at radius 3 is 1.35 bits per heavy atom. The van der Waals surface area contributed by atoms with Crippen LogP contribution in [0, 0.1) is 35.5 Å². The number of hydrogen-bond donors (Lipinski definition) is 7. The molecular weight excluding hydrogens is 699 g/mol. The molecule has 0 unspecified atom stereocenters. The number of hydrogen-bond acceptors (Lipinski definition) is 8. The molecule has 0 spiro atoms. The topological polar surface area (TPSA) is 180 Å². The standard InChI is InChI=1S/C43H55N5O7/c49-40(25-47-36-9-3-6-30(18-36)21-39(43(54)55)35-12-15-46-24-35)48(26-31-7-1-4-28(16-31)19-37(41(50)51)33-10-13-44-22-33)27-32-8-2-5-29(17-32)20-38(42(52)53)34-11-14-45-23-34/h1-9,16-18,33-35,37-39,44-47H,10-15,19-27H2,(H,50,51)(H,52,53)(H,54,55)/t33-,34-,35-,37-,38-,39-/m0/s1. The average Bonchev–Trinajstić information content (AvgIpc) is 4.00. The van der Waals surface area contributed by atoms with Gasteiger partial charge < -0.3 is 41.5 Å². The predicted octanol–water partition coefficient (Wildman–Crippen LogP) is 3.89. The molecule has 0 radical (unpaired) electrons. The van der Waals surface area contributed by atoms with E-state index < -0.39 is 35.7 Å². The van der Waals surface area contributed by atoms with E-state index in [4.69, 9.17) is 0 Å². The van der Waals surface area contributed by atoms with Crippen LogP contribution in [-0.2, 0) is 51.5 Å². The van der Waals surface area contributed by atoms with Crippen LogP contribution in [0.5, 0.6) is 0 Å². The van der Waals surface area contributed by atoms with Crippen molar-refractivity contribution < 1.29 is 34.5 Å². The summed E-state index contributed by atoms with van der Waals surface area (Å²) in [7, 11) is 0. The van der Waals surface area contributed by atoms with Crippen molar-refractivity contribution in [2.45, 2.75) is 51.6 Å². The molecule has 3 aliphatic heterocycles. The Bertz CT molecular complexity index is 1700. The lowest BCUT2D eigenvalue weighted by Gasteiger charge is -2.25. The summed E-state index contributed by atoms with van der Waals surface area (Å²) in [6, 6.07) is 23.2. The molecule has 3 aliphatic rings. The molecule has 7 N–H and O–H groups in total. The molecule has 3 fully saturated rings. The molecule has 1 amide bonds. The van der Waals surface area contributed by atoms with Crippen molar-refractivity contribution in [3.63, 3.8) is 0 Å². The van der Waals surface area contributed by atoms with E-state index in [2.05, 4.69) is 21.3 Å². The van der Waals surface area contributed by atoms with E-state index in [-0.39, 0.29) is 30.2 Å². The first kappa shape index (κ1) is 39.9. The van der Waals surface area contributed by atoms with Crippen molar-refractivity contribution in [1.29, 1.82) is 0 Å². The fourth-order valence-electron chi connectivity index (χ4n) is 8.67. The van der Waals surface area contributed by atoms with Crippen LogP contribution in [0.1, 0.15) is 47.1 Å². The highest BCUT2D eigenvalue weighted by atomic mass is 16.4. The molecule has 6 rings (SSSR count). The second kappa shape index (κ2) is 19.2. The van der Waals surface area contributed by atoms with Gasteiger partial charge in [-0.15, -0.1) is 0 Å². The SMILES string of the molecule is O=C(O)[C@@H](Cc1cccc(CN(Cc2cccc(C[C@H](C(=O)O)[C@H]3CCNC3)c2)C(=O)CNc2cccc(C[C@H](C(=O)O)[C@H]3CCNC3)c2)c1)[C@H]1CCNC1. The van der Waals surface area contributed by atoms with Crippen molar-refractivity contribution in [3.05, 3.63) is 101 Å². The Morgan fingerprint density at radius 1 is 0.582 bits per heavy atom. The minimum Gasteiger partial charge on any atom is -0.481 e. The Hall–Kier alpha value is -4.78. The Morgan fingerprint density at radius 2 is 0.964 bits per heavy atom. The lowest BCUT2D eigenvalue weighted by atomic mass is 9.86. The molecule has 3 saturated heterocycles. The molecule has 0 saturated carbocycles. The van der Waals surface area contributed by atoms with Crippen molar-refractivity contribution >= 4 is 29.5 Å². The lowest BCUT2D eigenvalue weighted by Crippen LogP contribution is -2.35. The Labute approximate surface area is 323 Å². The highest BCUT2D eigenvalue weighted by molar-refractivity contribution is 5.81. The summed E-state index contributed by atoms with van der Waals surface area (Å²) in [5.41, 5.74) is 5.22. The average molecular weight is 754 g/mol. The molecule has 55 heavy (non-hydrogen) atoms. The summed E-state index contributed by atoms with van der Waals surface area (Å²) < 4.78 is 0. The number of aliphatic carboxylic acids is 3. The fourth-order valence-corrected chi connectivity index (χ4v) is 8.67. The summed E-state index contributed by atoms with van der Waals surface area (Å²) in [5.74, 6) is -3.82. The third-order valence-electron chi connectivity index (χ3n) is 11.8. The van der Waals surface area contributed by atoms with E-state index in [1.54, 1.807) is 4.90 Å². The van der Waals surface area contributed by atoms with Crippen molar-refractivity contribution in [1.82, 2.24) is 20.9 Å². The first-order valence-corrected chi connectivity index (χ1v) is 19.7. The second-order valence-electron chi connectivity index (χ2n) is 15.6. The fraction of sp³-hybridized carbons (Fsp3) is 0.488. The molecule has 0 aromatic heterocycles.